The molecule has 0 saturated heterocycles. The van der Waals surface area contributed by atoms with Crippen molar-refractivity contribution >= 4 is 10.9 Å². The normalized spacial score (nSPS) is 10.2. The summed E-state index contributed by atoms with van der Waals surface area (Å²) in [5.41, 5.74) is 2.31. The van der Waals surface area contributed by atoms with Gasteiger partial charge < -0.3 is 0 Å². The first-order chi connectivity index (χ1) is 7.90. The molecule has 16 heavy (non-hydrogen) atoms. The first kappa shape index (κ1) is 10.6. The van der Waals surface area contributed by atoms with Gasteiger partial charge in [0.05, 0.1) is 11.6 Å². The molecule has 0 fully saturated rings. The molecule has 0 spiro atoms. The van der Waals surface area contributed by atoms with E-state index in [0.29, 0.717) is 6.42 Å². The van der Waals surface area contributed by atoms with Crippen molar-refractivity contribution < 1.29 is 0 Å². The summed E-state index contributed by atoms with van der Waals surface area (Å²) in [6, 6.07) is 12.5. The average Bonchev–Trinajstić information content (AvgIpc) is 2.34. The van der Waals surface area contributed by atoms with Crippen LogP contribution in [0.2, 0.25) is 0 Å². The number of pyridine rings is 1. The van der Waals surface area contributed by atoms with Gasteiger partial charge in [-0.15, -0.1) is 0 Å². The van der Waals surface area contributed by atoms with Gasteiger partial charge in [-0.3, -0.25) is 4.98 Å². The molecule has 0 aliphatic rings. The predicted octanol–water partition coefficient (Wildman–Crippen LogP) is 3.47. The molecule has 0 unspecified atom stereocenters. The van der Waals surface area contributed by atoms with Gasteiger partial charge in [0.1, 0.15) is 0 Å². The summed E-state index contributed by atoms with van der Waals surface area (Å²) >= 11 is 0. The number of hydrogen-bond acceptors (Lipinski definition) is 2. The van der Waals surface area contributed by atoms with Crippen LogP contribution in [0.4, 0.5) is 0 Å². The molecule has 0 N–H and O–H groups in total. The molecular formula is C14H14N2. The Morgan fingerprint density at radius 2 is 2.06 bits per heavy atom. The number of para-hydroxylation sites is 1. The van der Waals surface area contributed by atoms with Crippen LogP contribution < -0.4 is 0 Å². The maximum absolute atomic E-state index is 8.44. The minimum absolute atomic E-state index is 0.654. The maximum atomic E-state index is 8.44. The van der Waals surface area contributed by atoms with E-state index >= 15 is 0 Å². The van der Waals surface area contributed by atoms with Crippen LogP contribution in [0.15, 0.2) is 36.5 Å². The maximum Gasteiger partial charge on any atom is 0.0702 e. The molecular weight excluding hydrogens is 196 g/mol. The Morgan fingerprint density at radius 3 is 2.94 bits per heavy atom. The lowest BCUT2D eigenvalue weighted by Crippen LogP contribution is -1.88. The fourth-order valence-electron chi connectivity index (χ4n) is 1.79. The molecule has 80 valence electrons. The number of unbranched alkanes of at least 4 members (excludes halogenated alkanes) is 2. The summed E-state index contributed by atoms with van der Waals surface area (Å²) in [4.78, 5) is 4.42. The van der Waals surface area contributed by atoms with E-state index in [2.05, 4.69) is 23.2 Å². The Kier molecular flexibility index (Phi) is 3.50. The summed E-state index contributed by atoms with van der Waals surface area (Å²) in [5.74, 6) is 0. The molecule has 0 aliphatic carbocycles. The Bertz CT molecular complexity index is 511. The van der Waals surface area contributed by atoms with Crippen molar-refractivity contribution in [2.24, 2.45) is 0 Å². The minimum atomic E-state index is 0.654. The first-order valence-corrected chi connectivity index (χ1v) is 5.61. The van der Waals surface area contributed by atoms with Gasteiger partial charge in [-0.1, -0.05) is 18.2 Å². The summed E-state index contributed by atoms with van der Waals surface area (Å²) in [6.07, 6.45) is 5.64. The van der Waals surface area contributed by atoms with Crippen molar-refractivity contribution in [3.63, 3.8) is 0 Å². The SMILES string of the molecule is N#CCCCCc1cnc2ccccc2c1. The highest BCUT2D eigenvalue weighted by atomic mass is 14.6. The highest BCUT2D eigenvalue weighted by molar-refractivity contribution is 5.78. The molecule has 0 radical (unpaired) electrons. The smallest absolute Gasteiger partial charge is 0.0702 e. The fraction of sp³-hybridized carbons (Fsp3) is 0.286. The van der Waals surface area contributed by atoms with Gasteiger partial charge in [-0.2, -0.15) is 5.26 Å². The lowest BCUT2D eigenvalue weighted by atomic mass is 10.1. The van der Waals surface area contributed by atoms with Gasteiger partial charge in [0.2, 0.25) is 0 Å². The van der Waals surface area contributed by atoms with Crippen molar-refractivity contribution in [1.29, 1.82) is 5.26 Å². The van der Waals surface area contributed by atoms with Gasteiger partial charge in [-0.05, 0) is 37.0 Å². The molecule has 0 atom stereocenters. The number of hydrogen-bond donors (Lipinski definition) is 0. The lowest BCUT2D eigenvalue weighted by Gasteiger charge is -2.02. The number of aromatic nitrogens is 1. The highest BCUT2D eigenvalue weighted by Gasteiger charge is 1.97. The lowest BCUT2D eigenvalue weighted by molar-refractivity contribution is 0.751. The summed E-state index contributed by atoms with van der Waals surface area (Å²) in [5, 5.41) is 9.64. The molecule has 1 heterocycles. The van der Waals surface area contributed by atoms with Crippen LogP contribution in [-0.2, 0) is 6.42 Å². The van der Waals surface area contributed by atoms with Gasteiger partial charge in [0.25, 0.3) is 0 Å². The van der Waals surface area contributed by atoms with E-state index in [1.165, 1.54) is 10.9 Å². The molecule has 2 heteroatoms. The van der Waals surface area contributed by atoms with E-state index in [1.807, 2.05) is 24.4 Å². The van der Waals surface area contributed by atoms with E-state index < -0.39 is 0 Å². The second kappa shape index (κ2) is 5.27. The van der Waals surface area contributed by atoms with E-state index in [9.17, 15) is 0 Å². The summed E-state index contributed by atoms with van der Waals surface area (Å²) in [7, 11) is 0. The van der Waals surface area contributed by atoms with Crippen molar-refractivity contribution in [3.8, 4) is 6.07 Å². The van der Waals surface area contributed by atoms with Gasteiger partial charge in [0, 0.05) is 18.0 Å². The van der Waals surface area contributed by atoms with Crippen molar-refractivity contribution in [1.82, 2.24) is 4.98 Å². The Hall–Kier alpha value is -1.88. The summed E-state index contributed by atoms with van der Waals surface area (Å²) < 4.78 is 0. The average molecular weight is 210 g/mol. The second-order valence-electron chi connectivity index (χ2n) is 3.90. The number of rotatable bonds is 4. The number of fused-ring (bicyclic) bond motifs is 1. The first-order valence-electron chi connectivity index (χ1n) is 5.61. The molecule has 0 saturated carbocycles. The molecule has 1 aromatic heterocycles. The largest absolute Gasteiger partial charge is 0.256 e. The molecule has 1 aromatic carbocycles. The van der Waals surface area contributed by atoms with E-state index in [-0.39, 0.29) is 0 Å². The molecule has 2 nitrogen and oxygen atoms in total. The monoisotopic (exact) mass is 210 g/mol. The highest BCUT2D eigenvalue weighted by Crippen LogP contribution is 2.14. The van der Waals surface area contributed by atoms with E-state index in [0.717, 1.165) is 24.8 Å². The molecule has 0 amide bonds. The zero-order valence-corrected chi connectivity index (χ0v) is 9.19. The van der Waals surface area contributed by atoms with Gasteiger partial charge in [0.15, 0.2) is 0 Å². The van der Waals surface area contributed by atoms with Crippen LogP contribution in [0.3, 0.4) is 0 Å². The standard InChI is InChI=1S/C14H14N2/c15-9-5-1-2-6-12-10-13-7-3-4-8-14(13)16-11-12/h3-4,7-8,10-11H,1-2,5-6H2. The number of nitrogens with zero attached hydrogens (tertiary/aromatic N) is 2. The van der Waals surface area contributed by atoms with Crippen molar-refractivity contribution in [3.05, 3.63) is 42.1 Å². The topological polar surface area (TPSA) is 36.7 Å². The van der Waals surface area contributed by atoms with Crippen molar-refractivity contribution in [2.45, 2.75) is 25.7 Å². The second-order valence-corrected chi connectivity index (χ2v) is 3.90. The van der Waals surface area contributed by atoms with Crippen molar-refractivity contribution in [2.75, 3.05) is 0 Å². The number of nitriles is 1. The molecule has 0 bridgehead atoms. The quantitative estimate of drug-likeness (QED) is 0.724. The van der Waals surface area contributed by atoms with Crippen LogP contribution >= 0.6 is 0 Å². The minimum Gasteiger partial charge on any atom is -0.256 e. The Labute approximate surface area is 95.6 Å². The van der Waals surface area contributed by atoms with E-state index in [4.69, 9.17) is 5.26 Å². The van der Waals surface area contributed by atoms with Crippen LogP contribution in [0.25, 0.3) is 10.9 Å². The van der Waals surface area contributed by atoms with Gasteiger partial charge >= 0.3 is 0 Å². The fourth-order valence-corrected chi connectivity index (χ4v) is 1.79. The molecule has 2 aromatic rings. The van der Waals surface area contributed by atoms with Gasteiger partial charge in [-0.25, -0.2) is 0 Å². The number of aryl methyl sites for hydroxylation is 1. The summed E-state index contributed by atoms with van der Waals surface area (Å²) in [6.45, 7) is 0. The zero-order valence-electron chi connectivity index (χ0n) is 9.19. The van der Waals surface area contributed by atoms with Crippen LogP contribution in [0.1, 0.15) is 24.8 Å². The molecule has 2 rings (SSSR count). The third kappa shape index (κ3) is 2.58. The Morgan fingerprint density at radius 1 is 1.19 bits per heavy atom. The zero-order chi connectivity index (χ0) is 11.2. The van der Waals surface area contributed by atoms with Crippen LogP contribution in [-0.4, -0.2) is 4.98 Å². The van der Waals surface area contributed by atoms with E-state index in [1.54, 1.807) is 0 Å². The third-order valence-corrected chi connectivity index (χ3v) is 2.65. The number of benzene rings is 1. The third-order valence-electron chi connectivity index (χ3n) is 2.65. The molecule has 0 aliphatic heterocycles. The Balaban J connectivity index is 2.05. The van der Waals surface area contributed by atoms with Crippen LogP contribution in [0.5, 0.6) is 0 Å². The van der Waals surface area contributed by atoms with Crippen LogP contribution in [0, 0.1) is 11.3 Å². The predicted molar refractivity (Wildman–Crippen MR) is 64.9 cm³/mol.